The van der Waals surface area contributed by atoms with Gasteiger partial charge >= 0.3 is 0 Å². The number of rotatable bonds is 8. The second kappa shape index (κ2) is 10.6. The first kappa shape index (κ1) is 25.1. The number of nitrogens with one attached hydrogen (secondary N) is 1. The number of morpholine rings is 1. The fourth-order valence-corrected chi connectivity index (χ4v) is 7.24. The van der Waals surface area contributed by atoms with Gasteiger partial charge in [-0.05, 0) is 57.1 Å². The summed E-state index contributed by atoms with van der Waals surface area (Å²) in [5, 5.41) is 3.09. The Balaban J connectivity index is 1.73. The molecular formula is C24H39N3O4S. The van der Waals surface area contributed by atoms with Crippen LogP contribution >= 0.6 is 0 Å². The topological polar surface area (TPSA) is 79.0 Å². The van der Waals surface area contributed by atoms with Gasteiger partial charge in [-0.25, -0.2) is 8.42 Å². The van der Waals surface area contributed by atoms with Crippen molar-refractivity contribution >= 4 is 15.9 Å². The summed E-state index contributed by atoms with van der Waals surface area (Å²) in [6, 6.07) is 3.37. The SMILES string of the molecule is Cc1cc(C)c(S(=O)(=O)N2CCCC2C(=O)NCC(CC(C)C)N2CCOCC2)c(C)c1. The molecule has 7 nitrogen and oxygen atoms in total. The maximum Gasteiger partial charge on any atom is 0.244 e. The molecule has 1 N–H and O–H groups in total. The molecule has 32 heavy (non-hydrogen) atoms. The van der Waals surface area contributed by atoms with Crippen molar-refractivity contribution < 1.29 is 17.9 Å². The molecule has 0 bridgehead atoms. The molecule has 0 spiro atoms. The zero-order valence-corrected chi connectivity index (χ0v) is 21.0. The summed E-state index contributed by atoms with van der Waals surface area (Å²) in [5.74, 6) is 0.325. The molecule has 2 aliphatic rings. The highest BCUT2D eigenvalue weighted by molar-refractivity contribution is 7.89. The van der Waals surface area contributed by atoms with Crippen LogP contribution in [-0.2, 0) is 19.6 Å². The molecule has 3 rings (SSSR count). The molecule has 180 valence electrons. The zero-order chi connectivity index (χ0) is 23.5. The van der Waals surface area contributed by atoms with Crippen LogP contribution in [0.25, 0.3) is 0 Å². The first-order valence-corrected chi connectivity index (χ1v) is 13.2. The van der Waals surface area contributed by atoms with Crippen molar-refractivity contribution in [3.05, 3.63) is 28.8 Å². The molecule has 0 saturated carbocycles. The van der Waals surface area contributed by atoms with Gasteiger partial charge in [-0.15, -0.1) is 0 Å². The summed E-state index contributed by atoms with van der Waals surface area (Å²) < 4.78 is 34.0. The Morgan fingerprint density at radius 3 is 2.34 bits per heavy atom. The molecule has 1 aromatic carbocycles. The Morgan fingerprint density at radius 1 is 1.12 bits per heavy atom. The van der Waals surface area contributed by atoms with Gasteiger partial charge in [-0.2, -0.15) is 4.31 Å². The summed E-state index contributed by atoms with van der Waals surface area (Å²) in [7, 11) is -3.74. The second-order valence-corrected chi connectivity index (χ2v) is 11.5. The van der Waals surface area contributed by atoms with Crippen LogP contribution in [0.4, 0.5) is 0 Å². The number of benzene rings is 1. The molecule has 2 unspecified atom stereocenters. The van der Waals surface area contributed by atoms with Crippen molar-refractivity contribution in [3.63, 3.8) is 0 Å². The van der Waals surface area contributed by atoms with E-state index in [9.17, 15) is 13.2 Å². The van der Waals surface area contributed by atoms with Crippen LogP contribution in [0, 0.1) is 26.7 Å². The molecule has 1 amide bonds. The highest BCUT2D eigenvalue weighted by Gasteiger charge is 2.40. The predicted octanol–water partition coefficient (Wildman–Crippen LogP) is 2.63. The molecule has 2 aliphatic heterocycles. The maximum atomic E-state index is 13.6. The van der Waals surface area contributed by atoms with Crippen LogP contribution in [0.1, 0.15) is 49.8 Å². The Labute approximate surface area is 193 Å². The maximum absolute atomic E-state index is 13.6. The van der Waals surface area contributed by atoms with Crippen molar-refractivity contribution in [2.45, 2.75) is 70.9 Å². The van der Waals surface area contributed by atoms with Crippen molar-refractivity contribution in [1.29, 1.82) is 0 Å². The lowest BCUT2D eigenvalue weighted by Gasteiger charge is -2.36. The standard InChI is InChI=1S/C24H39N3O4S/c1-17(2)13-21(26-9-11-31-12-10-26)16-25-24(28)22-7-6-8-27(22)32(29,30)23-19(4)14-18(3)15-20(23)5/h14-15,17,21-22H,6-13,16H2,1-5H3,(H,25,28). The Kier molecular flexibility index (Phi) is 8.36. The third-order valence-electron chi connectivity index (χ3n) is 6.50. The lowest BCUT2D eigenvalue weighted by Crippen LogP contribution is -2.52. The third kappa shape index (κ3) is 5.71. The van der Waals surface area contributed by atoms with Gasteiger partial charge in [-0.3, -0.25) is 9.69 Å². The van der Waals surface area contributed by atoms with Crippen LogP contribution in [0.15, 0.2) is 17.0 Å². The molecule has 0 aliphatic carbocycles. The minimum Gasteiger partial charge on any atom is -0.379 e. The summed E-state index contributed by atoms with van der Waals surface area (Å²) in [5.41, 5.74) is 2.50. The number of carbonyl (C=O) groups excluding carboxylic acids is 1. The lowest BCUT2D eigenvalue weighted by atomic mass is 10.0. The number of nitrogens with zero attached hydrogens (tertiary/aromatic N) is 2. The molecule has 1 aromatic rings. The molecule has 0 radical (unpaired) electrons. The van der Waals surface area contributed by atoms with Gasteiger partial charge in [0.1, 0.15) is 6.04 Å². The average molecular weight is 466 g/mol. The normalized spacial score (nSPS) is 21.8. The van der Waals surface area contributed by atoms with Crippen molar-refractivity contribution in [1.82, 2.24) is 14.5 Å². The molecule has 2 fully saturated rings. The molecular weight excluding hydrogens is 426 g/mol. The summed E-state index contributed by atoms with van der Waals surface area (Å²) >= 11 is 0. The van der Waals surface area contributed by atoms with Crippen LogP contribution < -0.4 is 5.32 Å². The Morgan fingerprint density at radius 2 is 1.75 bits per heavy atom. The van der Waals surface area contributed by atoms with Gasteiger partial charge in [0.05, 0.1) is 18.1 Å². The molecule has 2 saturated heterocycles. The number of amides is 1. The first-order valence-electron chi connectivity index (χ1n) is 11.8. The van der Waals surface area contributed by atoms with Crippen molar-refractivity contribution in [2.24, 2.45) is 5.92 Å². The molecule has 0 aromatic heterocycles. The van der Waals surface area contributed by atoms with Crippen LogP contribution in [0.2, 0.25) is 0 Å². The fraction of sp³-hybridized carbons (Fsp3) is 0.708. The fourth-order valence-electron chi connectivity index (χ4n) is 5.17. The molecule has 8 heteroatoms. The third-order valence-corrected chi connectivity index (χ3v) is 8.71. The first-order chi connectivity index (χ1) is 15.1. The lowest BCUT2D eigenvalue weighted by molar-refractivity contribution is -0.124. The van der Waals surface area contributed by atoms with Gasteiger partial charge in [0.25, 0.3) is 0 Å². The van der Waals surface area contributed by atoms with Gasteiger partial charge in [0.15, 0.2) is 0 Å². The second-order valence-electron chi connectivity index (χ2n) is 9.68. The summed E-state index contributed by atoms with van der Waals surface area (Å²) in [6.07, 6.45) is 2.23. The van der Waals surface area contributed by atoms with Crippen molar-refractivity contribution in [2.75, 3.05) is 39.4 Å². The number of hydrogen-bond donors (Lipinski definition) is 1. The van der Waals surface area contributed by atoms with Crippen molar-refractivity contribution in [3.8, 4) is 0 Å². The highest BCUT2D eigenvalue weighted by Crippen LogP contribution is 2.30. The van der Waals surface area contributed by atoms with E-state index >= 15 is 0 Å². The van der Waals surface area contributed by atoms with Crippen LogP contribution in [0.3, 0.4) is 0 Å². The number of ether oxygens (including phenoxy) is 1. The van der Waals surface area contributed by atoms with E-state index in [0.29, 0.717) is 50.0 Å². The Hall–Kier alpha value is -1.48. The predicted molar refractivity (Wildman–Crippen MR) is 126 cm³/mol. The van der Waals surface area contributed by atoms with E-state index < -0.39 is 16.1 Å². The van der Waals surface area contributed by atoms with Crippen LogP contribution in [0.5, 0.6) is 0 Å². The quantitative estimate of drug-likeness (QED) is 0.639. The molecule has 2 heterocycles. The summed E-state index contributed by atoms with van der Waals surface area (Å²) in [4.78, 5) is 15.9. The van der Waals surface area contributed by atoms with E-state index in [1.54, 1.807) is 0 Å². The van der Waals surface area contributed by atoms with E-state index in [2.05, 4.69) is 24.1 Å². The number of aryl methyl sites for hydroxylation is 3. The van der Waals surface area contributed by atoms with Gasteiger partial charge < -0.3 is 10.1 Å². The Bertz CT molecular complexity index is 887. The molecule has 2 atom stereocenters. The average Bonchev–Trinajstić information content (AvgIpc) is 3.21. The van der Waals surface area contributed by atoms with E-state index in [4.69, 9.17) is 4.74 Å². The van der Waals surface area contributed by atoms with Crippen LogP contribution in [-0.4, -0.2) is 75.0 Å². The number of carbonyl (C=O) groups is 1. The number of hydrogen-bond acceptors (Lipinski definition) is 5. The summed E-state index contributed by atoms with van der Waals surface area (Å²) in [6.45, 7) is 14.1. The highest BCUT2D eigenvalue weighted by atomic mass is 32.2. The number of sulfonamides is 1. The zero-order valence-electron chi connectivity index (χ0n) is 20.2. The van der Waals surface area contributed by atoms with E-state index in [-0.39, 0.29) is 11.9 Å². The minimum absolute atomic E-state index is 0.185. The smallest absolute Gasteiger partial charge is 0.244 e. The monoisotopic (exact) mass is 465 g/mol. The van der Waals surface area contributed by atoms with E-state index in [0.717, 1.165) is 36.2 Å². The van der Waals surface area contributed by atoms with E-state index in [1.165, 1.54) is 4.31 Å². The van der Waals surface area contributed by atoms with E-state index in [1.807, 2.05) is 32.9 Å². The minimum atomic E-state index is -3.74. The largest absolute Gasteiger partial charge is 0.379 e. The van der Waals surface area contributed by atoms with Gasteiger partial charge in [-0.1, -0.05) is 31.5 Å². The van der Waals surface area contributed by atoms with Gasteiger partial charge in [0.2, 0.25) is 15.9 Å². The van der Waals surface area contributed by atoms with Gasteiger partial charge in [0, 0.05) is 32.2 Å².